The van der Waals surface area contributed by atoms with E-state index >= 15 is 0 Å². The van der Waals surface area contributed by atoms with Gasteiger partial charge in [-0.3, -0.25) is 0 Å². The van der Waals surface area contributed by atoms with E-state index in [9.17, 15) is 0 Å². The lowest BCUT2D eigenvalue weighted by molar-refractivity contribution is -0.0193. The Kier molecular flexibility index (Phi) is 3.36. The first-order chi connectivity index (χ1) is 10.1. The smallest absolute Gasteiger partial charge is 0.0134 e. The minimum absolute atomic E-state index is 0.692. The zero-order valence-electron chi connectivity index (χ0n) is 14.2. The topological polar surface area (TPSA) is 0 Å². The summed E-state index contributed by atoms with van der Waals surface area (Å²) in [7, 11) is 0. The molecule has 6 atom stereocenters. The minimum Gasteiger partial charge on any atom is -0.0810 e. The molecule has 0 aromatic rings. The van der Waals surface area contributed by atoms with Crippen molar-refractivity contribution in [2.45, 2.75) is 72.1 Å². The van der Waals surface area contributed by atoms with Crippen LogP contribution in [0, 0.1) is 35.0 Å². The molecule has 0 saturated heterocycles. The zero-order chi connectivity index (χ0) is 14.6. The van der Waals surface area contributed by atoms with Crippen LogP contribution in [0.4, 0.5) is 0 Å². The van der Waals surface area contributed by atoms with Crippen LogP contribution in [0.1, 0.15) is 72.1 Å². The van der Waals surface area contributed by atoms with Crippen LogP contribution >= 0.6 is 0 Å². The molecule has 0 N–H and O–H groups in total. The molecule has 0 nitrogen and oxygen atoms in total. The Morgan fingerprint density at radius 3 is 2.81 bits per heavy atom. The van der Waals surface area contributed by atoms with E-state index in [0.717, 1.165) is 29.6 Å². The fraction of sp³-hybridized carbons (Fsp3) is 0.810. The molecule has 6 unspecified atom stereocenters. The van der Waals surface area contributed by atoms with Gasteiger partial charge in [0.1, 0.15) is 0 Å². The lowest BCUT2D eigenvalue weighted by Crippen LogP contribution is -2.45. The fourth-order valence-electron chi connectivity index (χ4n) is 6.97. The summed E-state index contributed by atoms with van der Waals surface area (Å²) in [6.45, 7) is 7.38. The molecule has 4 aliphatic rings. The van der Waals surface area contributed by atoms with E-state index in [2.05, 4.69) is 32.9 Å². The molecule has 0 aromatic heterocycles. The highest BCUT2D eigenvalue weighted by atomic mass is 14.6. The van der Waals surface area contributed by atoms with E-state index in [1.54, 1.807) is 0 Å². The summed E-state index contributed by atoms with van der Waals surface area (Å²) in [5.41, 5.74) is 4.02. The number of fused-ring (bicyclic) bond motifs is 5. The third-order valence-electron chi connectivity index (χ3n) is 8.05. The molecule has 4 rings (SSSR count). The molecule has 0 radical (unpaired) electrons. The molecule has 0 bridgehead atoms. The number of rotatable bonds is 1. The lowest BCUT2D eigenvalue weighted by atomic mass is 9.51. The van der Waals surface area contributed by atoms with Crippen molar-refractivity contribution in [2.24, 2.45) is 35.0 Å². The molecule has 116 valence electrons. The molecule has 4 aliphatic carbocycles. The van der Waals surface area contributed by atoms with Crippen molar-refractivity contribution >= 4 is 0 Å². The Morgan fingerprint density at radius 1 is 1.14 bits per heavy atom. The first-order valence-electron chi connectivity index (χ1n) is 9.50. The van der Waals surface area contributed by atoms with Gasteiger partial charge in [-0.15, -0.1) is 0 Å². The quantitative estimate of drug-likeness (QED) is 0.542. The summed E-state index contributed by atoms with van der Waals surface area (Å²) >= 11 is 0. The zero-order valence-corrected chi connectivity index (χ0v) is 14.2. The van der Waals surface area contributed by atoms with Crippen LogP contribution < -0.4 is 0 Å². The Balaban J connectivity index is 1.60. The molecule has 3 fully saturated rings. The highest BCUT2D eigenvalue weighted by Gasteiger charge is 2.55. The maximum absolute atomic E-state index is 2.66. The molecule has 0 amide bonds. The van der Waals surface area contributed by atoms with Gasteiger partial charge in [0.2, 0.25) is 0 Å². The molecule has 0 aromatic carbocycles. The monoisotopic (exact) mass is 284 g/mol. The SMILES string of the molecule is CCC1CCC2C3CCC4=CC(C)=CCC4C3CCC12C. The van der Waals surface area contributed by atoms with Gasteiger partial charge in [-0.05, 0) is 86.9 Å². The average molecular weight is 284 g/mol. The Bertz CT molecular complexity index is 482. The molecule has 0 aliphatic heterocycles. The van der Waals surface area contributed by atoms with Crippen molar-refractivity contribution in [3.05, 3.63) is 23.3 Å². The van der Waals surface area contributed by atoms with Crippen LogP contribution in [0.3, 0.4) is 0 Å². The van der Waals surface area contributed by atoms with Crippen LogP contribution in [0.2, 0.25) is 0 Å². The Hall–Kier alpha value is -0.520. The van der Waals surface area contributed by atoms with Crippen molar-refractivity contribution in [1.29, 1.82) is 0 Å². The molecular weight excluding hydrogens is 252 g/mol. The average Bonchev–Trinajstić information content (AvgIpc) is 2.83. The van der Waals surface area contributed by atoms with Gasteiger partial charge in [0, 0.05) is 0 Å². The predicted octanol–water partition coefficient (Wildman–Crippen LogP) is 6.14. The van der Waals surface area contributed by atoms with Gasteiger partial charge in [0.25, 0.3) is 0 Å². The summed E-state index contributed by atoms with van der Waals surface area (Å²) in [6, 6.07) is 0. The van der Waals surface area contributed by atoms with Crippen LogP contribution in [0.15, 0.2) is 23.3 Å². The second-order valence-corrected chi connectivity index (χ2v) is 8.71. The van der Waals surface area contributed by atoms with Gasteiger partial charge in [0.15, 0.2) is 0 Å². The summed E-state index contributed by atoms with van der Waals surface area (Å²) < 4.78 is 0. The standard InChI is InChI=1S/C21H32/c1-4-16-7-10-20-19-9-6-15-13-14(2)5-8-17(15)18(19)11-12-21(16,20)3/h5,13,16-20H,4,6-12H2,1-3H3. The lowest BCUT2D eigenvalue weighted by Gasteiger charge is -2.54. The molecular formula is C21H32. The second-order valence-electron chi connectivity index (χ2n) is 8.71. The summed E-state index contributed by atoms with van der Waals surface area (Å²) in [5.74, 6) is 5.05. The number of hydrogen-bond donors (Lipinski definition) is 0. The molecule has 0 spiro atoms. The van der Waals surface area contributed by atoms with Gasteiger partial charge >= 0.3 is 0 Å². The van der Waals surface area contributed by atoms with Crippen LogP contribution in [-0.2, 0) is 0 Å². The van der Waals surface area contributed by atoms with Crippen molar-refractivity contribution < 1.29 is 0 Å². The van der Waals surface area contributed by atoms with Crippen LogP contribution in [-0.4, -0.2) is 0 Å². The summed E-state index contributed by atoms with van der Waals surface area (Å²) in [4.78, 5) is 0. The highest BCUT2D eigenvalue weighted by Crippen LogP contribution is 2.64. The van der Waals surface area contributed by atoms with Gasteiger partial charge < -0.3 is 0 Å². The van der Waals surface area contributed by atoms with E-state index in [1.807, 2.05) is 5.57 Å². The Morgan fingerprint density at radius 2 is 2.00 bits per heavy atom. The van der Waals surface area contributed by atoms with E-state index in [4.69, 9.17) is 0 Å². The number of allylic oxidation sites excluding steroid dienone is 4. The molecule has 3 saturated carbocycles. The molecule has 21 heavy (non-hydrogen) atoms. The van der Waals surface area contributed by atoms with Crippen LogP contribution in [0.5, 0.6) is 0 Å². The van der Waals surface area contributed by atoms with Gasteiger partial charge in [-0.1, -0.05) is 43.6 Å². The van der Waals surface area contributed by atoms with Crippen molar-refractivity contribution in [3.8, 4) is 0 Å². The second kappa shape index (κ2) is 5.00. The first-order valence-corrected chi connectivity index (χ1v) is 9.50. The number of hydrogen-bond acceptors (Lipinski definition) is 0. The van der Waals surface area contributed by atoms with Crippen LogP contribution in [0.25, 0.3) is 0 Å². The molecule has 0 heteroatoms. The van der Waals surface area contributed by atoms with Crippen molar-refractivity contribution in [3.63, 3.8) is 0 Å². The first kappa shape index (κ1) is 14.1. The highest BCUT2D eigenvalue weighted by molar-refractivity contribution is 5.31. The third-order valence-corrected chi connectivity index (χ3v) is 8.05. The maximum Gasteiger partial charge on any atom is -0.0134 e. The van der Waals surface area contributed by atoms with E-state index < -0.39 is 0 Å². The largest absolute Gasteiger partial charge is 0.0810 e. The van der Waals surface area contributed by atoms with Crippen molar-refractivity contribution in [1.82, 2.24) is 0 Å². The van der Waals surface area contributed by atoms with Gasteiger partial charge in [-0.25, -0.2) is 0 Å². The fourth-order valence-corrected chi connectivity index (χ4v) is 6.97. The minimum atomic E-state index is 0.692. The van der Waals surface area contributed by atoms with E-state index in [-0.39, 0.29) is 0 Å². The summed E-state index contributed by atoms with van der Waals surface area (Å²) in [6.07, 6.45) is 16.8. The maximum atomic E-state index is 2.66. The predicted molar refractivity (Wildman–Crippen MR) is 90.0 cm³/mol. The normalized spacial score (nSPS) is 48.8. The summed E-state index contributed by atoms with van der Waals surface area (Å²) in [5, 5.41) is 0. The third kappa shape index (κ3) is 2.01. The van der Waals surface area contributed by atoms with Gasteiger partial charge in [0.05, 0.1) is 0 Å². The van der Waals surface area contributed by atoms with E-state index in [0.29, 0.717) is 5.41 Å². The Labute approximate surface area is 131 Å². The van der Waals surface area contributed by atoms with E-state index in [1.165, 1.54) is 56.9 Å². The van der Waals surface area contributed by atoms with Gasteiger partial charge in [-0.2, -0.15) is 0 Å². The van der Waals surface area contributed by atoms with Crippen molar-refractivity contribution in [2.75, 3.05) is 0 Å². The molecule has 0 heterocycles.